The van der Waals surface area contributed by atoms with Crippen molar-refractivity contribution >= 4 is 0 Å². The molecular formula is C9H24N4O. The molecule has 0 aliphatic heterocycles. The van der Waals surface area contributed by atoms with Crippen molar-refractivity contribution in [1.29, 1.82) is 0 Å². The van der Waals surface area contributed by atoms with Gasteiger partial charge in [-0.25, -0.2) is 4.84 Å². The predicted octanol–water partition coefficient (Wildman–Crippen LogP) is -0.224. The van der Waals surface area contributed by atoms with Crippen LogP contribution in [0, 0.1) is 0 Å². The van der Waals surface area contributed by atoms with Gasteiger partial charge in [0.15, 0.2) is 0 Å². The van der Waals surface area contributed by atoms with Gasteiger partial charge in [0.2, 0.25) is 0 Å². The summed E-state index contributed by atoms with van der Waals surface area (Å²) in [5.41, 5.74) is 0. The summed E-state index contributed by atoms with van der Waals surface area (Å²) in [6, 6.07) is 0. The van der Waals surface area contributed by atoms with Gasteiger partial charge >= 0.3 is 0 Å². The fourth-order valence-electron chi connectivity index (χ4n) is 1.69. The van der Waals surface area contributed by atoms with Gasteiger partial charge in [0.1, 0.15) is 0 Å². The van der Waals surface area contributed by atoms with E-state index in [1.807, 2.05) is 71.1 Å². The molecule has 0 bridgehead atoms. The van der Waals surface area contributed by atoms with Crippen molar-refractivity contribution in [3.63, 3.8) is 0 Å². The van der Waals surface area contributed by atoms with Crippen LogP contribution >= 0.6 is 0 Å². The maximum Gasteiger partial charge on any atom is 0.259 e. The average molecular weight is 204 g/mol. The van der Waals surface area contributed by atoms with Crippen molar-refractivity contribution in [2.45, 2.75) is 5.97 Å². The van der Waals surface area contributed by atoms with Crippen LogP contribution in [0.15, 0.2) is 0 Å². The van der Waals surface area contributed by atoms with Crippen LogP contribution in [0.4, 0.5) is 0 Å². The largest absolute Gasteiger partial charge is 0.259 e. The van der Waals surface area contributed by atoms with Crippen LogP contribution in [0.2, 0.25) is 0 Å². The van der Waals surface area contributed by atoms with Crippen molar-refractivity contribution < 1.29 is 4.84 Å². The van der Waals surface area contributed by atoms with Crippen molar-refractivity contribution in [3.8, 4) is 0 Å². The molecule has 0 aliphatic rings. The van der Waals surface area contributed by atoms with Gasteiger partial charge in [-0.15, -0.1) is 0 Å². The number of nitrogens with zero attached hydrogens (tertiary/aromatic N) is 4. The van der Waals surface area contributed by atoms with Crippen molar-refractivity contribution in [2.24, 2.45) is 0 Å². The second-order valence-corrected chi connectivity index (χ2v) is 4.16. The summed E-state index contributed by atoms with van der Waals surface area (Å²) >= 11 is 0. The zero-order chi connectivity index (χ0) is 11.5. The SMILES string of the molecule is CN(C)OC(N(C)C)(N(C)C)N(C)C. The molecule has 0 amide bonds. The molecule has 0 radical (unpaired) electrons. The number of hydroxylamine groups is 2. The first-order chi connectivity index (χ1) is 6.25. The monoisotopic (exact) mass is 204 g/mol. The number of rotatable bonds is 5. The Hall–Kier alpha value is -0.200. The molecule has 0 heterocycles. The van der Waals surface area contributed by atoms with E-state index in [1.54, 1.807) is 5.06 Å². The lowest BCUT2D eigenvalue weighted by Gasteiger charge is -2.48. The molecule has 0 aromatic carbocycles. The van der Waals surface area contributed by atoms with Crippen molar-refractivity contribution in [2.75, 3.05) is 56.4 Å². The Bertz CT molecular complexity index is 146. The van der Waals surface area contributed by atoms with Crippen LogP contribution in [0.1, 0.15) is 0 Å². The van der Waals surface area contributed by atoms with Gasteiger partial charge in [0, 0.05) is 14.1 Å². The third-order valence-electron chi connectivity index (χ3n) is 2.05. The van der Waals surface area contributed by atoms with Gasteiger partial charge in [-0.1, -0.05) is 0 Å². The molecule has 0 atom stereocenters. The lowest BCUT2D eigenvalue weighted by Crippen LogP contribution is -2.67. The Balaban J connectivity index is 4.95. The molecule has 0 unspecified atom stereocenters. The fourth-order valence-corrected chi connectivity index (χ4v) is 1.69. The smallest absolute Gasteiger partial charge is 0.254 e. The molecule has 14 heavy (non-hydrogen) atoms. The second kappa shape index (κ2) is 5.04. The minimum atomic E-state index is -0.552. The highest BCUT2D eigenvalue weighted by atomic mass is 16.7. The van der Waals surface area contributed by atoms with Crippen LogP contribution in [-0.2, 0) is 4.84 Å². The molecule has 0 saturated heterocycles. The first-order valence-electron chi connectivity index (χ1n) is 4.64. The minimum Gasteiger partial charge on any atom is -0.254 e. The van der Waals surface area contributed by atoms with Crippen LogP contribution < -0.4 is 0 Å². The van der Waals surface area contributed by atoms with Crippen molar-refractivity contribution in [1.82, 2.24) is 19.8 Å². The summed E-state index contributed by atoms with van der Waals surface area (Å²) in [6.07, 6.45) is 0. The first-order valence-corrected chi connectivity index (χ1v) is 4.64. The van der Waals surface area contributed by atoms with E-state index in [9.17, 15) is 0 Å². The zero-order valence-corrected chi connectivity index (χ0v) is 10.7. The normalized spacial score (nSPS) is 13.7. The topological polar surface area (TPSA) is 22.2 Å². The van der Waals surface area contributed by atoms with Gasteiger partial charge in [-0.2, -0.15) is 5.06 Å². The molecular weight excluding hydrogens is 180 g/mol. The fraction of sp³-hybridized carbons (Fsp3) is 1.00. The number of hydrogen-bond acceptors (Lipinski definition) is 5. The Morgan fingerprint density at radius 1 is 0.643 bits per heavy atom. The molecule has 0 N–H and O–H groups in total. The molecule has 0 aromatic rings. The Labute approximate surface area is 87.8 Å². The summed E-state index contributed by atoms with van der Waals surface area (Å²) < 4.78 is 0. The quantitative estimate of drug-likeness (QED) is 0.455. The van der Waals surface area contributed by atoms with E-state index < -0.39 is 5.97 Å². The summed E-state index contributed by atoms with van der Waals surface area (Å²) in [5, 5.41) is 1.71. The van der Waals surface area contributed by atoms with E-state index in [0.717, 1.165) is 0 Å². The molecule has 0 spiro atoms. The van der Waals surface area contributed by atoms with Crippen molar-refractivity contribution in [3.05, 3.63) is 0 Å². The third kappa shape index (κ3) is 2.65. The minimum absolute atomic E-state index is 0.552. The lowest BCUT2D eigenvalue weighted by atomic mass is 10.5. The van der Waals surface area contributed by atoms with Gasteiger partial charge < -0.3 is 0 Å². The molecule has 86 valence electrons. The number of hydrogen-bond donors (Lipinski definition) is 0. The summed E-state index contributed by atoms with van der Waals surface area (Å²) in [5.74, 6) is -0.552. The maximum absolute atomic E-state index is 5.83. The molecule has 0 aromatic heterocycles. The standard InChI is InChI=1S/C9H24N4O/c1-10(2)9(11(3)4,12(5)6)14-13(7)8/h1-8H3. The molecule has 0 saturated carbocycles. The summed E-state index contributed by atoms with van der Waals surface area (Å²) in [6.45, 7) is 0. The van der Waals surface area contributed by atoms with Crippen LogP contribution in [0.5, 0.6) is 0 Å². The van der Waals surface area contributed by atoms with Gasteiger partial charge in [-0.3, -0.25) is 14.7 Å². The average Bonchev–Trinajstić information content (AvgIpc) is 1.97. The molecule has 5 nitrogen and oxygen atoms in total. The summed E-state index contributed by atoms with van der Waals surface area (Å²) in [7, 11) is 15.7. The van der Waals surface area contributed by atoms with Crippen LogP contribution in [-0.4, -0.2) is 82.1 Å². The lowest BCUT2D eigenvalue weighted by molar-refractivity contribution is -0.376. The second-order valence-electron chi connectivity index (χ2n) is 4.16. The highest BCUT2D eigenvalue weighted by Gasteiger charge is 2.40. The first kappa shape index (κ1) is 13.8. The predicted molar refractivity (Wildman–Crippen MR) is 58.6 cm³/mol. The van der Waals surface area contributed by atoms with Crippen LogP contribution in [0.25, 0.3) is 0 Å². The van der Waals surface area contributed by atoms with E-state index in [0.29, 0.717) is 0 Å². The van der Waals surface area contributed by atoms with E-state index in [-0.39, 0.29) is 0 Å². The Morgan fingerprint density at radius 3 is 1.00 bits per heavy atom. The summed E-state index contributed by atoms with van der Waals surface area (Å²) in [4.78, 5) is 11.9. The Morgan fingerprint density at radius 2 is 0.929 bits per heavy atom. The molecule has 0 aliphatic carbocycles. The molecule has 0 rings (SSSR count). The van der Waals surface area contributed by atoms with Gasteiger partial charge in [0.25, 0.3) is 5.97 Å². The maximum atomic E-state index is 5.83. The van der Waals surface area contributed by atoms with E-state index in [1.165, 1.54) is 0 Å². The molecule has 0 fully saturated rings. The Kier molecular flexibility index (Phi) is 4.97. The van der Waals surface area contributed by atoms with E-state index in [4.69, 9.17) is 4.84 Å². The molecule has 5 heteroatoms. The van der Waals surface area contributed by atoms with E-state index >= 15 is 0 Å². The highest BCUT2D eigenvalue weighted by molar-refractivity contribution is 4.70. The van der Waals surface area contributed by atoms with Gasteiger partial charge in [0.05, 0.1) is 0 Å². The van der Waals surface area contributed by atoms with E-state index in [2.05, 4.69) is 0 Å². The zero-order valence-electron chi connectivity index (χ0n) is 10.7. The van der Waals surface area contributed by atoms with Gasteiger partial charge in [-0.05, 0) is 42.3 Å². The third-order valence-corrected chi connectivity index (χ3v) is 2.05. The van der Waals surface area contributed by atoms with Crippen LogP contribution in [0.3, 0.4) is 0 Å². The highest BCUT2D eigenvalue weighted by Crippen LogP contribution is 2.20.